The Morgan fingerprint density at radius 2 is 2.12 bits per heavy atom. The van der Waals surface area contributed by atoms with Crippen molar-refractivity contribution in [1.82, 2.24) is 9.97 Å². The van der Waals surface area contributed by atoms with E-state index in [-0.39, 0.29) is 5.82 Å². The molecule has 0 aliphatic heterocycles. The van der Waals surface area contributed by atoms with Crippen LogP contribution in [0.2, 0.25) is 0 Å². The molecule has 4 heteroatoms. The van der Waals surface area contributed by atoms with Gasteiger partial charge in [-0.2, -0.15) is 0 Å². The second kappa shape index (κ2) is 4.75. The van der Waals surface area contributed by atoms with Crippen LogP contribution in [0.25, 0.3) is 11.4 Å². The number of aromatic nitrogens is 2. The summed E-state index contributed by atoms with van der Waals surface area (Å²) in [5.41, 5.74) is 2.34. The number of nitrogens with zero attached hydrogens (tertiary/aromatic N) is 1. The van der Waals surface area contributed by atoms with Gasteiger partial charge in [0.05, 0.1) is 0 Å². The van der Waals surface area contributed by atoms with Crippen LogP contribution in [0, 0.1) is 17.4 Å². The van der Waals surface area contributed by atoms with Crippen molar-refractivity contribution in [2.75, 3.05) is 0 Å². The molecule has 0 bridgehead atoms. The fourth-order valence-electron chi connectivity index (χ4n) is 1.57. The third-order valence-electron chi connectivity index (χ3n) is 2.62. The van der Waals surface area contributed by atoms with Gasteiger partial charge in [0, 0.05) is 11.3 Å². The molecule has 0 saturated heterocycles. The van der Waals surface area contributed by atoms with Crippen LogP contribution in [0.5, 0.6) is 0 Å². The molecule has 88 valence electrons. The van der Waals surface area contributed by atoms with Gasteiger partial charge in [0.15, 0.2) is 0 Å². The Morgan fingerprint density at radius 1 is 1.35 bits per heavy atom. The minimum Gasteiger partial charge on any atom is -0.343 e. The first kappa shape index (κ1) is 11.9. The molecule has 0 fully saturated rings. The summed E-state index contributed by atoms with van der Waals surface area (Å²) >= 11 is 5.09. The van der Waals surface area contributed by atoms with E-state index in [0.29, 0.717) is 16.0 Å². The van der Waals surface area contributed by atoms with E-state index < -0.39 is 0 Å². The van der Waals surface area contributed by atoms with Crippen molar-refractivity contribution < 1.29 is 4.39 Å². The molecule has 0 amide bonds. The van der Waals surface area contributed by atoms with Crippen LogP contribution in [0.15, 0.2) is 24.3 Å². The van der Waals surface area contributed by atoms with Crippen molar-refractivity contribution in [1.29, 1.82) is 0 Å². The number of hydrogen-bond donors (Lipinski definition) is 1. The van der Waals surface area contributed by atoms with E-state index in [9.17, 15) is 4.39 Å². The third-order valence-corrected chi connectivity index (χ3v) is 2.83. The number of H-pyrrole nitrogens is 1. The van der Waals surface area contributed by atoms with Crippen molar-refractivity contribution in [3.8, 4) is 11.4 Å². The van der Waals surface area contributed by atoms with E-state index in [1.165, 1.54) is 6.07 Å². The summed E-state index contributed by atoms with van der Waals surface area (Å²) in [7, 11) is 0. The lowest BCUT2D eigenvalue weighted by Crippen LogP contribution is -1.95. The first-order chi connectivity index (χ1) is 8.10. The normalized spacial score (nSPS) is 10.5. The van der Waals surface area contributed by atoms with Crippen molar-refractivity contribution in [2.24, 2.45) is 0 Å². The van der Waals surface area contributed by atoms with Gasteiger partial charge in [-0.3, -0.25) is 0 Å². The van der Waals surface area contributed by atoms with E-state index in [4.69, 9.17) is 12.2 Å². The highest BCUT2D eigenvalue weighted by Gasteiger charge is 2.04. The summed E-state index contributed by atoms with van der Waals surface area (Å²) in [6, 6.07) is 6.87. The van der Waals surface area contributed by atoms with Gasteiger partial charge in [0.1, 0.15) is 16.3 Å². The van der Waals surface area contributed by atoms with Gasteiger partial charge in [0.25, 0.3) is 0 Å². The maximum absolute atomic E-state index is 13.5. The topological polar surface area (TPSA) is 28.7 Å². The highest BCUT2D eigenvalue weighted by atomic mass is 32.1. The Balaban J connectivity index is 2.55. The van der Waals surface area contributed by atoms with Gasteiger partial charge in [-0.15, -0.1) is 0 Å². The maximum atomic E-state index is 13.5. The van der Waals surface area contributed by atoms with Gasteiger partial charge in [-0.05, 0) is 31.0 Å². The maximum Gasteiger partial charge on any atom is 0.139 e. The van der Waals surface area contributed by atoms with Crippen LogP contribution in [-0.2, 0) is 6.42 Å². The first-order valence-electron chi connectivity index (χ1n) is 5.47. The molecule has 0 radical (unpaired) electrons. The summed E-state index contributed by atoms with van der Waals surface area (Å²) in [6.45, 7) is 3.76. The minimum absolute atomic E-state index is 0.231. The fraction of sp³-hybridized carbons (Fsp3) is 0.231. The molecule has 0 spiro atoms. The van der Waals surface area contributed by atoms with Crippen LogP contribution in [0.1, 0.15) is 18.2 Å². The summed E-state index contributed by atoms with van der Waals surface area (Å²) < 4.78 is 14.0. The molecule has 0 aliphatic rings. The zero-order valence-electron chi connectivity index (χ0n) is 9.75. The molecular weight excluding hydrogens is 235 g/mol. The van der Waals surface area contributed by atoms with Crippen LogP contribution >= 0.6 is 12.2 Å². The highest BCUT2D eigenvalue weighted by molar-refractivity contribution is 7.71. The third kappa shape index (κ3) is 2.58. The van der Waals surface area contributed by atoms with Gasteiger partial charge in [-0.25, -0.2) is 9.37 Å². The van der Waals surface area contributed by atoms with Gasteiger partial charge in [-0.1, -0.05) is 31.3 Å². The highest BCUT2D eigenvalue weighted by Crippen LogP contribution is 2.18. The minimum atomic E-state index is -0.231. The zero-order chi connectivity index (χ0) is 12.4. The van der Waals surface area contributed by atoms with E-state index >= 15 is 0 Å². The number of hydrogen-bond acceptors (Lipinski definition) is 2. The molecule has 17 heavy (non-hydrogen) atoms. The molecule has 1 aromatic carbocycles. The first-order valence-corrected chi connectivity index (χ1v) is 5.87. The predicted octanol–water partition coefficient (Wildman–Crippen LogP) is 3.82. The molecule has 0 saturated carbocycles. The lowest BCUT2D eigenvalue weighted by molar-refractivity contribution is 0.619. The number of nitrogens with one attached hydrogen (secondary N) is 1. The molecule has 2 rings (SSSR count). The lowest BCUT2D eigenvalue weighted by atomic mass is 10.1. The Bertz CT molecular complexity index is 605. The van der Waals surface area contributed by atoms with Crippen molar-refractivity contribution in [2.45, 2.75) is 20.3 Å². The Hall–Kier alpha value is -1.55. The van der Waals surface area contributed by atoms with Crippen molar-refractivity contribution in [3.63, 3.8) is 0 Å². The molecule has 1 N–H and O–H groups in total. The van der Waals surface area contributed by atoms with Crippen LogP contribution in [0.4, 0.5) is 4.39 Å². The van der Waals surface area contributed by atoms with E-state index in [0.717, 1.165) is 17.7 Å². The van der Waals surface area contributed by atoms with Crippen molar-refractivity contribution >= 4 is 12.2 Å². The quantitative estimate of drug-likeness (QED) is 0.818. The molecular formula is C13H13FN2S. The molecule has 0 unspecified atom stereocenters. The number of aryl methyl sites for hydroxylation is 2. The largest absolute Gasteiger partial charge is 0.343 e. The zero-order valence-corrected chi connectivity index (χ0v) is 10.6. The van der Waals surface area contributed by atoms with Crippen LogP contribution in [-0.4, -0.2) is 9.97 Å². The monoisotopic (exact) mass is 248 g/mol. The second-order valence-electron chi connectivity index (χ2n) is 3.91. The van der Waals surface area contributed by atoms with Crippen LogP contribution < -0.4 is 0 Å². The summed E-state index contributed by atoms with van der Waals surface area (Å²) in [4.78, 5) is 7.37. The fourth-order valence-corrected chi connectivity index (χ4v) is 1.81. The van der Waals surface area contributed by atoms with Crippen LogP contribution in [0.3, 0.4) is 0 Å². The van der Waals surface area contributed by atoms with Crippen molar-refractivity contribution in [3.05, 3.63) is 46.0 Å². The van der Waals surface area contributed by atoms with Gasteiger partial charge in [0.2, 0.25) is 0 Å². The SMILES string of the molecule is CCc1cc(=S)nc(-c2ccc(C)c(F)c2)[nH]1. The predicted molar refractivity (Wildman–Crippen MR) is 68.9 cm³/mol. The molecule has 2 aromatic rings. The van der Waals surface area contributed by atoms with E-state index in [2.05, 4.69) is 9.97 Å². The Morgan fingerprint density at radius 3 is 2.76 bits per heavy atom. The Kier molecular flexibility index (Phi) is 3.33. The average Bonchev–Trinajstić information content (AvgIpc) is 2.32. The second-order valence-corrected chi connectivity index (χ2v) is 4.33. The summed E-state index contributed by atoms with van der Waals surface area (Å²) in [6.07, 6.45) is 0.841. The van der Waals surface area contributed by atoms with Gasteiger partial charge < -0.3 is 4.98 Å². The summed E-state index contributed by atoms with van der Waals surface area (Å²) in [5.74, 6) is 0.388. The number of aromatic amines is 1. The molecule has 0 aliphatic carbocycles. The van der Waals surface area contributed by atoms with E-state index in [1.54, 1.807) is 13.0 Å². The standard InChI is InChI=1S/C13H13FN2S/c1-3-10-7-12(17)16-13(15-10)9-5-4-8(2)11(14)6-9/h4-7H,3H2,1-2H3,(H,15,16,17). The van der Waals surface area contributed by atoms with E-state index in [1.807, 2.05) is 19.1 Å². The molecule has 2 nitrogen and oxygen atoms in total. The smallest absolute Gasteiger partial charge is 0.139 e. The lowest BCUT2D eigenvalue weighted by Gasteiger charge is -2.05. The number of benzene rings is 1. The molecule has 0 atom stereocenters. The Labute approximate surface area is 105 Å². The molecule has 1 heterocycles. The average molecular weight is 248 g/mol. The van der Waals surface area contributed by atoms with Gasteiger partial charge >= 0.3 is 0 Å². The number of rotatable bonds is 2. The number of halogens is 1. The summed E-state index contributed by atoms with van der Waals surface area (Å²) in [5, 5.41) is 0. The molecule has 1 aromatic heterocycles.